The first kappa shape index (κ1) is 16.3. The predicted molar refractivity (Wildman–Crippen MR) is 92.2 cm³/mol. The van der Waals surface area contributed by atoms with Crippen molar-refractivity contribution in [3.8, 4) is 5.75 Å². The molecule has 0 spiro atoms. The Morgan fingerprint density at radius 3 is 2.43 bits per heavy atom. The van der Waals surface area contributed by atoms with Gasteiger partial charge < -0.3 is 10.1 Å². The predicted octanol–water partition coefficient (Wildman–Crippen LogP) is 4.83. The van der Waals surface area contributed by atoms with Gasteiger partial charge in [0, 0.05) is 17.1 Å². The van der Waals surface area contributed by atoms with Gasteiger partial charge in [-0.3, -0.25) is 0 Å². The Labute approximate surface area is 139 Å². The molecule has 0 saturated heterocycles. The third-order valence-corrected chi connectivity index (χ3v) is 4.15. The van der Waals surface area contributed by atoms with Crippen LogP contribution in [0.1, 0.15) is 18.1 Å². The van der Waals surface area contributed by atoms with Crippen molar-refractivity contribution in [2.75, 3.05) is 7.11 Å². The van der Waals surface area contributed by atoms with Gasteiger partial charge in [0.2, 0.25) is 0 Å². The van der Waals surface area contributed by atoms with Gasteiger partial charge in [0.1, 0.15) is 5.75 Å². The summed E-state index contributed by atoms with van der Waals surface area (Å²) in [7, 11) is 1.62. The molecule has 1 N–H and O–H groups in total. The summed E-state index contributed by atoms with van der Waals surface area (Å²) in [6.45, 7) is 2.98. The molecule has 0 heterocycles. The molecule has 0 radical (unpaired) electrons. The van der Waals surface area contributed by atoms with Crippen molar-refractivity contribution in [2.45, 2.75) is 25.9 Å². The van der Waals surface area contributed by atoms with Gasteiger partial charge in [-0.05, 0) is 48.7 Å². The number of nitrogens with one attached hydrogen (secondary N) is 1. The van der Waals surface area contributed by atoms with Crippen LogP contribution in [-0.2, 0) is 13.0 Å². The standard InChI is InChI=1S/C17H19BrClNO/c1-12(9-13-3-6-15(18)7-4-13)20-11-14-5-8-17(21-2)16(19)10-14/h3-8,10,12,20H,9,11H2,1-2H3. The first-order valence-corrected chi connectivity index (χ1v) is 8.06. The van der Waals surface area contributed by atoms with Crippen molar-refractivity contribution in [2.24, 2.45) is 0 Å². The van der Waals surface area contributed by atoms with Crippen LogP contribution in [0.5, 0.6) is 5.75 Å². The van der Waals surface area contributed by atoms with Crippen LogP contribution >= 0.6 is 27.5 Å². The highest BCUT2D eigenvalue weighted by atomic mass is 79.9. The Bertz CT molecular complexity index is 586. The highest BCUT2D eigenvalue weighted by Gasteiger charge is 2.05. The third-order valence-electron chi connectivity index (χ3n) is 3.33. The molecule has 0 aromatic heterocycles. The molecule has 2 nitrogen and oxygen atoms in total. The summed E-state index contributed by atoms with van der Waals surface area (Å²) in [4.78, 5) is 0. The van der Waals surface area contributed by atoms with E-state index in [0.29, 0.717) is 16.8 Å². The summed E-state index contributed by atoms with van der Waals surface area (Å²) in [6, 6.07) is 14.7. The first-order chi connectivity index (χ1) is 10.1. The first-order valence-electron chi connectivity index (χ1n) is 6.88. The normalized spacial score (nSPS) is 12.2. The molecule has 0 amide bonds. The molecule has 2 aromatic carbocycles. The van der Waals surface area contributed by atoms with Gasteiger partial charge in [-0.1, -0.05) is 45.7 Å². The third kappa shape index (κ3) is 5.03. The maximum atomic E-state index is 6.13. The van der Waals surface area contributed by atoms with E-state index in [1.54, 1.807) is 7.11 Å². The van der Waals surface area contributed by atoms with E-state index >= 15 is 0 Å². The lowest BCUT2D eigenvalue weighted by atomic mass is 10.1. The maximum absolute atomic E-state index is 6.13. The molecular weight excluding hydrogens is 350 g/mol. The quantitative estimate of drug-likeness (QED) is 0.788. The summed E-state index contributed by atoms with van der Waals surface area (Å²) >= 11 is 9.59. The lowest BCUT2D eigenvalue weighted by molar-refractivity contribution is 0.414. The second-order valence-corrected chi connectivity index (χ2v) is 6.40. The van der Waals surface area contributed by atoms with E-state index in [-0.39, 0.29) is 0 Å². The van der Waals surface area contributed by atoms with Crippen molar-refractivity contribution in [1.82, 2.24) is 5.32 Å². The van der Waals surface area contributed by atoms with Crippen LogP contribution in [0.4, 0.5) is 0 Å². The van der Waals surface area contributed by atoms with Crippen molar-refractivity contribution in [3.63, 3.8) is 0 Å². The van der Waals surface area contributed by atoms with Gasteiger partial charge in [0.25, 0.3) is 0 Å². The molecule has 2 rings (SSSR count). The van der Waals surface area contributed by atoms with E-state index in [2.05, 4.69) is 52.4 Å². The Hall–Kier alpha value is -1.03. The molecule has 4 heteroatoms. The average Bonchev–Trinajstić information content (AvgIpc) is 2.48. The van der Waals surface area contributed by atoms with Crippen molar-refractivity contribution >= 4 is 27.5 Å². The van der Waals surface area contributed by atoms with Crippen molar-refractivity contribution in [3.05, 3.63) is 63.1 Å². The van der Waals surface area contributed by atoms with Crippen molar-refractivity contribution < 1.29 is 4.74 Å². The van der Waals surface area contributed by atoms with E-state index in [1.807, 2.05) is 18.2 Å². The Morgan fingerprint density at radius 2 is 1.81 bits per heavy atom. The molecule has 1 unspecified atom stereocenters. The largest absolute Gasteiger partial charge is 0.495 e. The molecule has 0 fully saturated rings. The fraction of sp³-hybridized carbons (Fsp3) is 0.294. The molecule has 0 aliphatic heterocycles. The number of ether oxygens (including phenoxy) is 1. The zero-order chi connectivity index (χ0) is 15.2. The molecule has 21 heavy (non-hydrogen) atoms. The zero-order valence-corrected chi connectivity index (χ0v) is 14.5. The Kier molecular flexibility index (Phi) is 6.09. The van der Waals surface area contributed by atoms with Crippen LogP contribution in [0, 0.1) is 0 Å². The molecular formula is C17H19BrClNO. The highest BCUT2D eigenvalue weighted by Crippen LogP contribution is 2.24. The SMILES string of the molecule is COc1ccc(CNC(C)Cc2ccc(Br)cc2)cc1Cl. The smallest absolute Gasteiger partial charge is 0.137 e. The average molecular weight is 369 g/mol. The van der Waals surface area contributed by atoms with Gasteiger partial charge in [-0.2, -0.15) is 0 Å². The second-order valence-electron chi connectivity index (χ2n) is 5.08. The summed E-state index contributed by atoms with van der Waals surface area (Å²) in [6.07, 6.45) is 0.997. The summed E-state index contributed by atoms with van der Waals surface area (Å²) in [5.41, 5.74) is 2.48. The van der Waals surface area contributed by atoms with Crippen LogP contribution in [0.3, 0.4) is 0 Å². The lowest BCUT2D eigenvalue weighted by Crippen LogP contribution is -2.27. The fourth-order valence-electron chi connectivity index (χ4n) is 2.16. The highest BCUT2D eigenvalue weighted by molar-refractivity contribution is 9.10. The number of hydrogen-bond acceptors (Lipinski definition) is 2. The molecule has 2 aromatic rings. The number of methoxy groups -OCH3 is 1. The molecule has 0 saturated carbocycles. The van der Waals surface area contributed by atoms with E-state index < -0.39 is 0 Å². The van der Waals surface area contributed by atoms with Gasteiger partial charge >= 0.3 is 0 Å². The van der Waals surface area contributed by atoms with E-state index in [1.165, 1.54) is 5.56 Å². The minimum atomic E-state index is 0.395. The fourth-order valence-corrected chi connectivity index (χ4v) is 2.70. The monoisotopic (exact) mass is 367 g/mol. The summed E-state index contributed by atoms with van der Waals surface area (Å²) in [5, 5.41) is 4.17. The van der Waals surface area contributed by atoms with E-state index in [4.69, 9.17) is 16.3 Å². The minimum absolute atomic E-state index is 0.395. The summed E-state index contributed by atoms with van der Waals surface area (Å²) in [5.74, 6) is 0.711. The number of halogens is 2. The lowest BCUT2D eigenvalue weighted by Gasteiger charge is -2.14. The van der Waals surface area contributed by atoms with Crippen LogP contribution < -0.4 is 10.1 Å². The molecule has 0 bridgehead atoms. The number of rotatable bonds is 6. The Balaban J connectivity index is 1.87. The van der Waals surface area contributed by atoms with Crippen LogP contribution in [0.2, 0.25) is 5.02 Å². The molecule has 0 aliphatic carbocycles. The van der Waals surface area contributed by atoms with Gasteiger partial charge in [0.05, 0.1) is 12.1 Å². The topological polar surface area (TPSA) is 21.3 Å². The summed E-state index contributed by atoms with van der Waals surface area (Å²) < 4.78 is 6.27. The minimum Gasteiger partial charge on any atom is -0.495 e. The van der Waals surface area contributed by atoms with Crippen LogP contribution in [0.15, 0.2) is 46.9 Å². The molecule has 112 valence electrons. The molecule has 1 atom stereocenters. The van der Waals surface area contributed by atoms with Crippen molar-refractivity contribution in [1.29, 1.82) is 0 Å². The van der Waals surface area contributed by atoms with Gasteiger partial charge in [-0.25, -0.2) is 0 Å². The Morgan fingerprint density at radius 1 is 1.14 bits per heavy atom. The van der Waals surface area contributed by atoms with E-state index in [0.717, 1.165) is 23.0 Å². The van der Waals surface area contributed by atoms with Crippen LogP contribution in [0.25, 0.3) is 0 Å². The maximum Gasteiger partial charge on any atom is 0.137 e. The molecule has 0 aliphatic rings. The van der Waals surface area contributed by atoms with Crippen LogP contribution in [-0.4, -0.2) is 13.2 Å². The number of hydrogen-bond donors (Lipinski definition) is 1. The van der Waals surface area contributed by atoms with Gasteiger partial charge in [-0.15, -0.1) is 0 Å². The number of benzene rings is 2. The second kappa shape index (κ2) is 7.83. The van der Waals surface area contributed by atoms with Gasteiger partial charge in [0.15, 0.2) is 0 Å². The van der Waals surface area contributed by atoms with E-state index in [9.17, 15) is 0 Å². The zero-order valence-electron chi connectivity index (χ0n) is 12.2.